The lowest BCUT2D eigenvalue weighted by atomic mass is 10.2. The van der Waals surface area contributed by atoms with Gasteiger partial charge in [0.05, 0.1) is 0 Å². The van der Waals surface area contributed by atoms with Crippen molar-refractivity contribution in [1.82, 2.24) is 9.97 Å². The molecule has 0 unspecified atom stereocenters. The molecule has 4 N–H and O–H groups in total. The largest absolute Gasteiger partial charge is 0.340 e. The fourth-order valence-corrected chi connectivity index (χ4v) is 2.42. The molecule has 0 spiro atoms. The van der Waals surface area contributed by atoms with E-state index in [1.807, 2.05) is 31.2 Å². The maximum atomic E-state index is 5.55. The van der Waals surface area contributed by atoms with Crippen molar-refractivity contribution in [3.05, 3.63) is 40.1 Å². The van der Waals surface area contributed by atoms with E-state index in [4.69, 9.17) is 5.84 Å². The number of aromatic nitrogens is 2. The zero-order valence-electron chi connectivity index (χ0n) is 11.2. The topological polar surface area (TPSA) is 75.9 Å². The first-order valence-electron chi connectivity index (χ1n) is 6.55. The van der Waals surface area contributed by atoms with Gasteiger partial charge in [-0.25, -0.2) is 15.8 Å². The van der Waals surface area contributed by atoms with Gasteiger partial charge in [0, 0.05) is 21.6 Å². The Balaban J connectivity index is 1.97. The number of hydrogen-bond donors (Lipinski definition) is 3. The second kappa shape index (κ2) is 5.38. The molecule has 104 valence electrons. The summed E-state index contributed by atoms with van der Waals surface area (Å²) in [4.78, 5) is 9.11. The zero-order valence-corrected chi connectivity index (χ0v) is 12.7. The van der Waals surface area contributed by atoms with Crippen molar-refractivity contribution in [2.45, 2.75) is 25.7 Å². The summed E-state index contributed by atoms with van der Waals surface area (Å²) in [5.74, 6) is 8.37. The van der Waals surface area contributed by atoms with E-state index in [1.165, 1.54) is 0 Å². The summed E-state index contributed by atoms with van der Waals surface area (Å²) in [5.41, 5.74) is 4.55. The van der Waals surface area contributed by atoms with E-state index in [9.17, 15) is 0 Å². The highest BCUT2D eigenvalue weighted by Gasteiger charge is 2.28. The number of nitrogen functional groups attached to an aromatic ring is 1. The van der Waals surface area contributed by atoms with Gasteiger partial charge >= 0.3 is 0 Å². The molecule has 1 aliphatic carbocycles. The number of nitrogens with one attached hydrogen (secondary N) is 2. The van der Waals surface area contributed by atoms with Crippen LogP contribution >= 0.6 is 15.9 Å². The molecule has 0 saturated heterocycles. The molecule has 0 atom stereocenters. The Morgan fingerprint density at radius 2 is 2.00 bits per heavy atom. The number of nitrogens with zero attached hydrogens (tertiary/aromatic N) is 2. The van der Waals surface area contributed by atoms with E-state index in [2.05, 4.69) is 36.6 Å². The number of rotatable bonds is 4. The van der Waals surface area contributed by atoms with E-state index >= 15 is 0 Å². The molecular weight excluding hydrogens is 318 g/mol. The Labute approximate surface area is 126 Å². The van der Waals surface area contributed by atoms with Crippen LogP contribution in [0.25, 0.3) is 0 Å². The van der Waals surface area contributed by atoms with Crippen molar-refractivity contribution in [2.24, 2.45) is 5.84 Å². The number of anilines is 3. The van der Waals surface area contributed by atoms with E-state index in [0.29, 0.717) is 11.7 Å². The summed E-state index contributed by atoms with van der Waals surface area (Å²) in [6.07, 6.45) is 2.31. The number of halogens is 1. The van der Waals surface area contributed by atoms with Crippen LogP contribution in [0, 0.1) is 6.92 Å². The van der Waals surface area contributed by atoms with Gasteiger partial charge in [0.25, 0.3) is 0 Å². The summed E-state index contributed by atoms with van der Waals surface area (Å²) in [6.45, 7) is 1.95. The second-order valence-electron chi connectivity index (χ2n) is 4.96. The Morgan fingerprint density at radius 3 is 2.65 bits per heavy atom. The summed E-state index contributed by atoms with van der Waals surface area (Å²) in [5, 5.41) is 3.33. The molecule has 20 heavy (non-hydrogen) atoms. The molecule has 1 fully saturated rings. The van der Waals surface area contributed by atoms with Crippen molar-refractivity contribution >= 4 is 33.3 Å². The van der Waals surface area contributed by atoms with Crippen molar-refractivity contribution in [3.63, 3.8) is 0 Å². The van der Waals surface area contributed by atoms with Crippen LogP contribution in [0.1, 0.15) is 30.1 Å². The Bertz CT molecular complexity index is 639. The second-order valence-corrected chi connectivity index (χ2v) is 5.87. The quantitative estimate of drug-likeness (QED) is 0.590. The number of hydrazine groups is 1. The highest BCUT2D eigenvalue weighted by Crippen LogP contribution is 2.39. The number of hydrogen-bond acceptors (Lipinski definition) is 5. The first kappa shape index (κ1) is 13.3. The molecule has 6 heteroatoms. The van der Waals surface area contributed by atoms with Gasteiger partial charge in [0.15, 0.2) is 0 Å². The van der Waals surface area contributed by atoms with Crippen molar-refractivity contribution in [1.29, 1.82) is 0 Å². The summed E-state index contributed by atoms with van der Waals surface area (Å²) >= 11 is 3.46. The Kier molecular flexibility index (Phi) is 3.58. The zero-order chi connectivity index (χ0) is 14.1. The molecular formula is C14H16BrN5. The molecule has 1 aromatic carbocycles. The van der Waals surface area contributed by atoms with Crippen molar-refractivity contribution in [2.75, 3.05) is 10.7 Å². The summed E-state index contributed by atoms with van der Waals surface area (Å²) in [7, 11) is 0. The van der Waals surface area contributed by atoms with Gasteiger partial charge in [0.2, 0.25) is 0 Å². The highest BCUT2D eigenvalue weighted by molar-refractivity contribution is 9.10. The van der Waals surface area contributed by atoms with E-state index in [1.54, 1.807) is 0 Å². The van der Waals surface area contributed by atoms with E-state index in [0.717, 1.165) is 40.2 Å². The predicted molar refractivity (Wildman–Crippen MR) is 84.0 cm³/mol. The van der Waals surface area contributed by atoms with Crippen LogP contribution in [0.3, 0.4) is 0 Å². The van der Waals surface area contributed by atoms with Gasteiger partial charge in [-0.2, -0.15) is 0 Å². The molecule has 3 rings (SSSR count). The minimum atomic E-state index is 0.478. The Hall–Kier alpha value is -1.66. The first-order valence-corrected chi connectivity index (χ1v) is 7.34. The Morgan fingerprint density at radius 1 is 1.25 bits per heavy atom. The van der Waals surface area contributed by atoms with Crippen LogP contribution in [0.5, 0.6) is 0 Å². The fraction of sp³-hybridized carbons (Fsp3) is 0.286. The molecule has 0 aliphatic heterocycles. The molecule has 0 radical (unpaired) electrons. The molecule has 1 aliphatic rings. The summed E-state index contributed by atoms with van der Waals surface area (Å²) < 4.78 is 1.02. The fourth-order valence-electron chi connectivity index (χ4n) is 2.02. The van der Waals surface area contributed by atoms with E-state index in [-0.39, 0.29) is 0 Å². The van der Waals surface area contributed by atoms with Gasteiger partial charge in [0.1, 0.15) is 17.5 Å². The van der Waals surface area contributed by atoms with Gasteiger partial charge in [-0.3, -0.25) is 0 Å². The van der Waals surface area contributed by atoms with Crippen LogP contribution in [0.15, 0.2) is 28.7 Å². The van der Waals surface area contributed by atoms with E-state index < -0.39 is 0 Å². The SMILES string of the molecule is Cc1c(NN)nc(C2CC2)nc1Nc1cccc(Br)c1. The third kappa shape index (κ3) is 2.76. The summed E-state index contributed by atoms with van der Waals surface area (Å²) in [6, 6.07) is 7.97. The minimum absolute atomic E-state index is 0.478. The van der Waals surface area contributed by atoms with Gasteiger partial charge in [-0.05, 0) is 38.0 Å². The molecule has 5 nitrogen and oxygen atoms in total. The molecule has 0 amide bonds. The van der Waals surface area contributed by atoms with Gasteiger partial charge in [-0.15, -0.1) is 0 Å². The van der Waals surface area contributed by atoms with Crippen LogP contribution < -0.4 is 16.6 Å². The molecule has 1 heterocycles. The average Bonchev–Trinajstić information content (AvgIpc) is 3.25. The highest BCUT2D eigenvalue weighted by atomic mass is 79.9. The molecule has 0 bridgehead atoms. The number of nitrogens with two attached hydrogens (primary N) is 1. The van der Waals surface area contributed by atoms with Crippen LogP contribution in [0.4, 0.5) is 17.3 Å². The molecule has 1 aromatic heterocycles. The predicted octanol–water partition coefficient (Wildman–Crippen LogP) is 3.45. The van der Waals surface area contributed by atoms with Crippen LogP contribution in [-0.4, -0.2) is 9.97 Å². The van der Waals surface area contributed by atoms with Gasteiger partial charge in [-0.1, -0.05) is 22.0 Å². The third-order valence-electron chi connectivity index (χ3n) is 3.33. The monoisotopic (exact) mass is 333 g/mol. The smallest absolute Gasteiger partial charge is 0.148 e. The standard InChI is InChI=1S/C14H16BrN5/c1-8-12(17-11-4-2-3-10(15)7-11)18-14(9-5-6-9)19-13(8)20-16/h2-4,7,9H,5-6,16H2,1H3,(H2,17,18,19,20). The van der Waals surface area contributed by atoms with Gasteiger partial charge < -0.3 is 10.7 Å². The lowest BCUT2D eigenvalue weighted by Crippen LogP contribution is -2.13. The van der Waals surface area contributed by atoms with Crippen molar-refractivity contribution in [3.8, 4) is 0 Å². The molecule has 2 aromatic rings. The maximum absolute atomic E-state index is 5.55. The molecule has 1 saturated carbocycles. The first-order chi connectivity index (χ1) is 9.67. The number of benzene rings is 1. The maximum Gasteiger partial charge on any atom is 0.148 e. The normalized spacial score (nSPS) is 14.2. The lowest BCUT2D eigenvalue weighted by Gasteiger charge is -2.13. The van der Waals surface area contributed by atoms with Crippen molar-refractivity contribution < 1.29 is 0 Å². The van der Waals surface area contributed by atoms with Crippen LogP contribution in [0.2, 0.25) is 0 Å². The van der Waals surface area contributed by atoms with Crippen LogP contribution in [-0.2, 0) is 0 Å². The average molecular weight is 334 g/mol. The third-order valence-corrected chi connectivity index (χ3v) is 3.82. The minimum Gasteiger partial charge on any atom is -0.340 e. The lowest BCUT2D eigenvalue weighted by molar-refractivity contribution is 0.920.